The van der Waals surface area contributed by atoms with Crippen molar-refractivity contribution < 1.29 is 14.2 Å². The Kier molecular flexibility index (Phi) is 5.70. The van der Waals surface area contributed by atoms with Crippen molar-refractivity contribution in [2.24, 2.45) is 5.92 Å². The molecule has 0 spiro atoms. The molecular formula is C24H30FNO2. The fraction of sp³-hybridized carbons (Fsp3) is 0.500. The molecule has 1 heterocycles. The van der Waals surface area contributed by atoms with Gasteiger partial charge in [0, 0.05) is 36.2 Å². The minimum atomic E-state index is -0.631. The van der Waals surface area contributed by atoms with Crippen LogP contribution in [0.3, 0.4) is 0 Å². The molecule has 0 amide bonds. The van der Waals surface area contributed by atoms with E-state index in [2.05, 4.69) is 11.0 Å². The van der Waals surface area contributed by atoms with E-state index in [4.69, 9.17) is 4.74 Å². The number of para-hydroxylation sites is 1. The maximum Gasteiger partial charge on any atom is 0.127 e. The molecule has 0 radical (unpaired) electrons. The molecule has 2 aromatic carbocycles. The summed E-state index contributed by atoms with van der Waals surface area (Å²) in [5.74, 6) is 0.857. The summed E-state index contributed by atoms with van der Waals surface area (Å²) in [4.78, 5) is 2.35. The van der Waals surface area contributed by atoms with Crippen molar-refractivity contribution in [3.63, 3.8) is 0 Å². The van der Waals surface area contributed by atoms with Gasteiger partial charge >= 0.3 is 0 Å². The van der Waals surface area contributed by atoms with Gasteiger partial charge in [0.25, 0.3) is 0 Å². The zero-order chi connectivity index (χ0) is 19.6. The van der Waals surface area contributed by atoms with Crippen LogP contribution >= 0.6 is 0 Å². The van der Waals surface area contributed by atoms with Gasteiger partial charge in [-0.2, -0.15) is 0 Å². The van der Waals surface area contributed by atoms with Crippen LogP contribution in [-0.2, 0) is 6.54 Å². The lowest BCUT2D eigenvalue weighted by Crippen LogP contribution is -2.54. The quantitative estimate of drug-likeness (QED) is 0.780. The molecule has 1 aliphatic carbocycles. The summed E-state index contributed by atoms with van der Waals surface area (Å²) in [5, 5.41) is 11.4. The molecule has 4 heteroatoms. The van der Waals surface area contributed by atoms with Crippen LogP contribution in [0, 0.1) is 11.7 Å². The summed E-state index contributed by atoms with van der Waals surface area (Å²) in [6.45, 7) is 3.90. The number of rotatable bonds is 5. The van der Waals surface area contributed by atoms with Gasteiger partial charge in [0.15, 0.2) is 0 Å². The maximum absolute atomic E-state index is 14.4. The van der Waals surface area contributed by atoms with Crippen LogP contribution < -0.4 is 4.74 Å². The summed E-state index contributed by atoms with van der Waals surface area (Å²) in [7, 11) is 0. The molecule has 3 atom stereocenters. The number of piperidine rings is 1. The minimum absolute atomic E-state index is 0.0291. The van der Waals surface area contributed by atoms with E-state index in [1.54, 1.807) is 6.07 Å². The lowest BCUT2D eigenvalue weighted by molar-refractivity contribution is -0.126. The predicted octanol–water partition coefficient (Wildman–Crippen LogP) is 5.09. The van der Waals surface area contributed by atoms with Crippen molar-refractivity contribution >= 4 is 0 Å². The summed E-state index contributed by atoms with van der Waals surface area (Å²) >= 11 is 0. The fourth-order valence-electron chi connectivity index (χ4n) is 5.19. The van der Waals surface area contributed by atoms with Gasteiger partial charge < -0.3 is 9.84 Å². The first-order valence-corrected chi connectivity index (χ1v) is 10.5. The standard InChI is InChI=1S/C24H30FNO2/c1-2-28-22-13-6-4-10-19(22)23-20-11-7-8-14-24(20,27)15-16-26(23)17-18-9-3-5-12-21(18)25/h3-6,9-10,12-13,20,23,27H,2,7-8,11,14-17H2,1H3/t20-,23+,24+/m1/s1. The number of likely N-dealkylation sites (tertiary alicyclic amines) is 1. The van der Waals surface area contributed by atoms with Gasteiger partial charge in [-0.15, -0.1) is 0 Å². The topological polar surface area (TPSA) is 32.7 Å². The van der Waals surface area contributed by atoms with Gasteiger partial charge in [0.2, 0.25) is 0 Å². The summed E-state index contributed by atoms with van der Waals surface area (Å²) in [5.41, 5.74) is 1.20. The van der Waals surface area contributed by atoms with Gasteiger partial charge in [0.1, 0.15) is 11.6 Å². The highest BCUT2D eigenvalue weighted by atomic mass is 19.1. The fourth-order valence-corrected chi connectivity index (χ4v) is 5.19. The zero-order valence-corrected chi connectivity index (χ0v) is 16.6. The molecule has 1 N–H and O–H groups in total. The largest absolute Gasteiger partial charge is 0.494 e. The van der Waals surface area contributed by atoms with E-state index in [0.29, 0.717) is 18.7 Å². The summed E-state index contributed by atoms with van der Waals surface area (Å²) in [6, 6.07) is 15.2. The Labute approximate surface area is 167 Å². The minimum Gasteiger partial charge on any atom is -0.494 e. The molecule has 0 unspecified atom stereocenters. The third-order valence-electron chi connectivity index (χ3n) is 6.54. The molecular weight excluding hydrogens is 353 g/mol. The summed E-state index contributed by atoms with van der Waals surface area (Å²) < 4.78 is 20.3. The molecule has 1 saturated heterocycles. The predicted molar refractivity (Wildman–Crippen MR) is 109 cm³/mol. The second-order valence-electron chi connectivity index (χ2n) is 8.18. The van der Waals surface area contributed by atoms with Crippen molar-refractivity contribution in [1.82, 2.24) is 4.90 Å². The van der Waals surface area contributed by atoms with Gasteiger partial charge in [-0.3, -0.25) is 4.90 Å². The van der Waals surface area contributed by atoms with Crippen molar-refractivity contribution in [3.05, 3.63) is 65.5 Å². The number of hydrogen-bond acceptors (Lipinski definition) is 3. The Morgan fingerprint density at radius 2 is 1.89 bits per heavy atom. The number of nitrogens with zero attached hydrogens (tertiary/aromatic N) is 1. The molecule has 1 aliphatic heterocycles. The van der Waals surface area contributed by atoms with Crippen LogP contribution in [0.1, 0.15) is 56.2 Å². The van der Waals surface area contributed by atoms with Crippen LogP contribution in [-0.4, -0.2) is 28.8 Å². The van der Waals surface area contributed by atoms with Crippen molar-refractivity contribution in [2.45, 2.75) is 57.2 Å². The average molecular weight is 384 g/mol. The van der Waals surface area contributed by atoms with Gasteiger partial charge in [-0.1, -0.05) is 49.2 Å². The molecule has 150 valence electrons. The molecule has 4 rings (SSSR count). The van der Waals surface area contributed by atoms with Crippen LogP contribution in [0.5, 0.6) is 5.75 Å². The van der Waals surface area contributed by atoms with E-state index in [0.717, 1.165) is 50.0 Å². The second kappa shape index (κ2) is 8.22. The van der Waals surface area contributed by atoms with E-state index in [1.165, 1.54) is 6.07 Å². The van der Waals surface area contributed by atoms with Gasteiger partial charge in [-0.25, -0.2) is 4.39 Å². The van der Waals surface area contributed by atoms with Crippen molar-refractivity contribution in [1.29, 1.82) is 0 Å². The average Bonchev–Trinajstić information content (AvgIpc) is 2.70. The maximum atomic E-state index is 14.4. The molecule has 2 fully saturated rings. The Morgan fingerprint density at radius 3 is 2.71 bits per heavy atom. The first-order valence-electron chi connectivity index (χ1n) is 10.5. The highest BCUT2D eigenvalue weighted by molar-refractivity contribution is 5.38. The third-order valence-corrected chi connectivity index (χ3v) is 6.54. The number of hydrogen-bond donors (Lipinski definition) is 1. The van der Waals surface area contributed by atoms with Gasteiger partial charge in [-0.05, 0) is 38.3 Å². The lowest BCUT2D eigenvalue weighted by atomic mass is 9.66. The Balaban J connectivity index is 1.74. The van der Waals surface area contributed by atoms with Crippen LogP contribution in [0.25, 0.3) is 0 Å². The molecule has 2 aromatic rings. The number of ether oxygens (including phenoxy) is 1. The van der Waals surface area contributed by atoms with Crippen LogP contribution in [0.2, 0.25) is 0 Å². The van der Waals surface area contributed by atoms with Gasteiger partial charge in [0.05, 0.1) is 12.2 Å². The number of aliphatic hydroxyl groups is 1. The monoisotopic (exact) mass is 383 g/mol. The van der Waals surface area contributed by atoms with Crippen LogP contribution in [0.15, 0.2) is 48.5 Å². The van der Waals surface area contributed by atoms with Crippen molar-refractivity contribution in [2.75, 3.05) is 13.2 Å². The Morgan fingerprint density at radius 1 is 1.11 bits per heavy atom. The zero-order valence-electron chi connectivity index (χ0n) is 16.6. The smallest absolute Gasteiger partial charge is 0.127 e. The first kappa shape index (κ1) is 19.4. The molecule has 0 aromatic heterocycles. The third kappa shape index (κ3) is 3.68. The number of benzene rings is 2. The van der Waals surface area contributed by atoms with E-state index < -0.39 is 5.60 Å². The molecule has 28 heavy (non-hydrogen) atoms. The molecule has 1 saturated carbocycles. The van der Waals surface area contributed by atoms with E-state index in [-0.39, 0.29) is 17.8 Å². The summed E-state index contributed by atoms with van der Waals surface area (Å²) in [6.07, 6.45) is 4.82. The van der Waals surface area contributed by atoms with Crippen molar-refractivity contribution in [3.8, 4) is 5.75 Å². The SMILES string of the molecule is CCOc1ccccc1[C@H]1[C@H]2CCCC[C@]2(O)CCN1Cc1ccccc1F. The highest BCUT2D eigenvalue weighted by Crippen LogP contribution is 2.51. The van der Waals surface area contributed by atoms with E-state index >= 15 is 0 Å². The highest BCUT2D eigenvalue weighted by Gasteiger charge is 2.49. The normalized spacial score (nSPS) is 28.0. The molecule has 0 bridgehead atoms. The van der Waals surface area contributed by atoms with E-state index in [1.807, 2.05) is 37.3 Å². The Bertz CT molecular complexity index is 811. The second-order valence-corrected chi connectivity index (χ2v) is 8.18. The lowest BCUT2D eigenvalue weighted by Gasteiger charge is -2.53. The van der Waals surface area contributed by atoms with E-state index in [9.17, 15) is 9.50 Å². The number of fused-ring (bicyclic) bond motifs is 1. The molecule has 3 nitrogen and oxygen atoms in total. The first-order chi connectivity index (χ1) is 13.6. The van der Waals surface area contributed by atoms with Crippen LogP contribution in [0.4, 0.5) is 4.39 Å². The molecule has 2 aliphatic rings. The number of halogens is 1. The Hall–Kier alpha value is -1.91.